The lowest BCUT2D eigenvalue weighted by Gasteiger charge is -2.25. The second-order valence-corrected chi connectivity index (χ2v) is 7.95. The fourth-order valence-corrected chi connectivity index (χ4v) is 4.47. The second-order valence-electron chi connectivity index (χ2n) is 7.95. The van der Waals surface area contributed by atoms with Gasteiger partial charge >= 0.3 is 0 Å². The normalized spacial score (nSPS) is 11.4. The summed E-state index contributed by atoms with van der Waals surface area (Å²) in [6.07, 6.45) is 0. The van der Waals surface area contributed by atoms with Gasteiger partial charge in [-0.2, -0.15) is 0 Å². The molecule has 0 radical (unpaired) electrons. The molecule has 31 heavy (non-hydrogen) atoms. The summed E-state index contributed by atoms with van der Waals surface area (Å²) in [5, 5.41) is 4.78. The summed E-state index contributed by atoms with van der Waals surface area (Å²) in [6, 6.07) is 38.3. The van der Waals surface area contributed by atoms with Crippen LogP contribution in [0.3, 0.4) is 0 Å². The van der Waals surface area contributed by atoms with E-state index < -0.39 is 0 Å². The van der Waals surface area contributed by atoms with Crippen LogP contribution in [0, 0.1) is 6.92 Å². The molecular formula is C29H21NO. The molecule has 1 heterocycles. The molecule has 0 saturated carbocycles. The number of hydrogen-bond donors (Lipinski definition) is 0. The van der Waals surface area contributed by atoms with Crippen LogP contribution in [-0.2, 0) is 0 Å². The minimum Gasteiger partial charge on any atom is -0.456 e. The standard InChI is InChI=1S/C29H21NO/c1-20-8-7-12-23(18-20)30(22-10-3-2-4-11-22)24-15-16-26-28(19-24)31-27-17-14-21-9-5-6-13-25(21)29(26)27/h2-19H,1H3. The van der Waals surface area contributed by atoms with Crippen LogP contribution in [0.25, 0.3) is 32.7 Å². The summed E-state index contributed by atoms with van der Waals surface area (Å²) in [4.78, 5) is 2.28. The average Bonchev–Trinajstić information content (AvgIpc) is 3.18. The highest BCUT2D eigenvalue weighted by molar-refractivity contribution is 6.19. The van der Waals surface area contributed by atoms with Gasteiger partial charge in [-0.1, -0.05) is 60.7 Å². The van der Waals surface area contributed by atoms with Gasteiger partial charge in [0.2, 0.25) is 0 Å². The van der Waals surface area contributed by atoms with Crippen LogP contribution in [0.2, 0.25) is 0 Å². The lowest BCUT2D eigenvalue weighted by Crippen LogP contribution is -2.09. The van der Waals surface area contributed by atoms with Crippen LogP contribution in [0.1, 0.15) is 5.56 Å². The number of rotatable bonds is 3. The number of anilines is 3. The Morgan fingerprint density at radius 2 is 1.32 bits per heavy atom. The minimum atomic E-state index is 0.900. The van der Waals surface area contributed by atoms with Gasteiger partial charge in [0, 0.05) is 33.9 Å². The van der Waals surface area contributed by atoms with Crippen molar-refractivity contribution < 1.29 is 4.42 Å². The minimum absolute atomic E-state index is 0.900. The van der Waals surface area contributed by atoms with Gasteiger partial charge in [0.1, 0.15) is 11.2 Å². The Bertz CT molecular complexity index is 1550. The molecule has 0 N–H and O–H groups in total. The van der Waals surface area contributed by atoms with Crippen molar-refractivity contribution in [3.8, 4) is 0 Å². The zero-order valence-electron chi connectivity index (χ0n) is 17.2. The van der Waals surface area contributed by atoms with E-state index in [2.05, 4.69) is 115 Å². The fourth-order valence-electron chi connectivity index (χ4n) is 4.47. The first-order valence-corrected chi connectivity index (χ1v) is 10.5. The van der Waals surface area contributed by atoms with Crippen molar-refractivity contribution in [2.24, 2.45) is 0 Å². The molecule has 148 valence electrons. The maximum absolute atomic E-state index is 6.32. The third-order valence-electron chi connectivity index (χ3n) is 5.88. The molecule has 0 aliphatic rings. The third kappa shape index (κ3) is 2.96. The van der Waals surface area contributed by atoms with Crippen LogP contribution < -0.4 is 4.90 Å². The van der Waals surface area contributed by atoms with Crippen LogP contribution in [0.5, 0.6) is 0 Å². The highest BCUT2D eigenvalue weighted by atomic mass is 16.3. The number of fused-ring (bicyclic) bond motifs is 5. The number of para-hydroxylation sites is 1. The molecule has 2 heteroatoms. The van der Waals surface area contributed by atoms with Gasteiger partial charge in [-0.15, -0.1) is 0 Å². The van der Waals surface area contributed by atoms with Gasteiger partial charge in [0.15, 0.2) is 0 Å². The molecule has 1 aromatic heterocycles. The summed E-state index contributed by atoms with van der Waals surface area (Å²) in [7, 11) is 0. The number of nitrogens with zero attached hydrogens (tertiary/aromatic N) is 1. The lowest BCUT2D eigenvalue weighted by molar-refractivity contribution is 0.669. The Morgan fingerprint density at radius 3 is 2.19 bits per heavy atom. The Labute approximate surface area is 181 Å². The first-order valence-electron chi connectivity index (χ1n) is 10.5. The quantitative estimate of drug-likeness (QED) is 0.296. The molecular weight excluding hydrogens is 378 g/mol. The average molecular weight is 399 g/mol. The second kappa shape index (κ2) is 7.03. The highest BCUT2D eigenvalue weighted by Crippen LogP contribution is 2.40. The molecule has 0 aliphatic heterocycles. The zero-order chi connectivity index (χ0) is 20.8. The van der Waals surface area contributed by atoms with Gasteiger partial charge in [-0.05, 0) is 65.7 Å². The van der Waals surface area contributed by atoms with Crippen molar-refractivity contribution in [1.82, 2.24) is 0 Å². The highest BCUT2D eigenvalue weighted by Gasteiger charge is 2.16. The Balaban J connectivity index is 1.59. The van der Waals surface area contributed by atoms with Crippen LogP contribution in [0.4, 0.5) is 17.1 Å². The van der Waals surface area contributed by atoms with Gasteiger partial charge in [-0.25, -0.2) is 0 Å². The number of benzene rings is 5. The summed E-state index contributed by atoms with van der Waals surface area (Å²) in [6.45, 7) is 2.13. The maximum Gasteiger partial charge on any atom is 0.137 e. The van der Waals surface area contributed by atoms with E-state index in [0.29, 0.717) is 0 Å². The van der Waals surface area contributed by atoms with Crippen molar-refractivity contribution in [1.29, 1.82) is 0 Å². The predicted molar refractivity (Wildman–Crippen MR) is 131 cm³/mol. The molecule has 0 bridgehead atoms. The van der Waals surface area contributed by atoms with E-state index in [1.54, 1.807) is 0 Å². The van der Waals surface area contributed by atoms with Gasteiger partial charge in [-0.3, -0.25) is 0 Å². The van der Waals surface area contributed by atoms with Crippen molar-refractivity contribution >= 4 is 49.8 Å². The number of furan rings is 1. The SMILES string of the molecule is Cc1cccc(N(c2ccccc2)c2ccc3c(c2)oc2ccc4ccccc4c23)c1. The third-order valence-corrected chi connectivity index (χ3v) is 5.88. The maximum atomic E-state index is 6.32. The molecule has 0 atom stereocenters. The van der Waals surface area contributed by atoms with Gasteiger partial charge in [0.05, 0.1) is 0 Å². The fraction of sp³-hybridized carbons (Fsp3) is 0.0345. The Hall–Kier alpha value is -4.04. The van der Waals surface area contributed by atoms with E-state index in [1.165, 1.54) is 21.7 Å². The molecule has 0 saturated heterocycles. The van der Waals surface area contributed by atoms with Crippen LogP contribution in [-0.4, -0.2) is 0 Å². The number of hydrogen-bond acceptors (Lipinski definition) is 2. The van der Waals surface area contributed by atoms with Crippen molar-refractivity contribution in [3.05, 3.63) is 115 Å². The smallest absolute Gasteiger partial charge is 0.137 e. The summed E-state index contributed by atoms with van der Waals surface area (Å²) in [5.41, 5.74) is 6.38. The summed E-state index contributed by atoms with van der Waals surface area (Å²) < 4.78 is 6.32. The van der Waals surface area contributed by atoms with Gasteiger partial charge < -0.3 is 9.32 Å². The molecule has 0 amide bonds. The molecule has 2 nitrogen and oxygen atoms in total. The molecule has 0 aliphatic carbocycles. The summed E-state index contributed by atoms with van der Waals surface area (Å²) >= 11 is 0. The predicted octanol–water partition coefficient (Wildman–Crippen LogP) is 8.52. The first-order chi connectivity index (χ1) is 15.3. The molecule has 0 fully saturated rings. The molecule has 5 aromatic carbocycles. The van der Waals surface area contributed by atoms with E-state index in [0.717, 1.165) is 33.6 Å². The monoisotopic (exact) mass is 399 g/mol. The van der Waals surface area contributed by atoms with E-state index in [1.807, 2.05) is 6.07 Å². The first kappa shape index (κ1) is 17.8. The zero-order valence-corrected chi connectivity index (χ0v) is 17.2. The topological polar surface area (TPSA) is 16.4 Å². The molecule has 0 unspecified atom stereocenters. The number of aryl methyl sites for hydroxylation is 1. The van der Waals surface area contributed by atoms with E-state index in [9.17, 15) is 0 Å². The lowest BCUT2D eigenvalue weighted by atomic mass is 10.0. The Kier molecular flexibility index (Phi) is 4.03. The van der Waals surface area contributed by atoms with E-state index >= 15 is 0 Å². The van der Waals surface area contributed by atoms with Crippen LogP contribution in [0.15, 0.2) is 114 Å². The Morgan fingerprint density at radius 1 is 0.548 bits per heavy atom. The van der Waals surface area contributed by atoms with Gasteiger partial charge in [0.25, 0.3) is 0 Å². The van der Waals surface area contributed by atoms with E-state index in [-0.39, 0.29) is 0 Å². The largest absolute Gasteiger partial charge is 0.456 e. The van der Waals surface area contributed by atoms with E-state index in [4.69, 9.17) is 4.42 Å². The van der Waals surface area contributed by atoms with Crippen molar-refractivity contribution in [2.45, 2.75) is 6.92 Å². The van der Waals surface area contributed by atoms with Crippen LogP contribution >= 0.6 is 0 Å². The molecule has 6 rings (SSSR count). The van der Waals surface area contributed by atoms with Crippen molar-refractivity contribution in [2.75, 3.05) is 4.90 Å². The molecule has 0 spiro atoms. The summed E-state index contributed by atoms with van der Waals surface area (Å²) in [5.74, 6) is 0. The van der Waals surface area contributed by atoms with Crippen molar-refractivity contribution in [3.63, 3.8) is 0 Å². The molecule has 6 aromatic rings.